The van der Waals surface area contributed by atoms with Crippen LogP contribution < -0.4 is 5.73 Å². The van der Waals surface area contributed by atoms with E-state index in [0.717, 1.165) is 5.52 Å². The number of benzene rings is 1. The van der Waals surface area contributed by atoms with Crippen molar-refractivity contribution in [1.82, 2.24) is 15.0 Å². The highest BCUT2D eigenvalue weighted by atomic mass is 19.3. The molecule has 2 aromatic rings. The molecule has 0 saturated heterocycles. The number of nitrogens with two attached hydrogens (primary N) is 1. The van der Waals surface area contributed by atoms with Gasteiger partial charge in [0.25, 0.3) is 5.92 Å². The third-order valence-electron chi connectivity index (χ3n) is 2.91. The number of nitrogens with zero attached hydrogens (tertiary/aromatic N) is 3. The van der Waals surface area contributed by atoms with E-state index in [4.69, 9.17) is 5.73 Å². The number of alkyl halides is 2. The second-order valence-electron chi connectivity index (χ2n) is 4.20. The molecule has 0 amide bonds. The minimum Gasteiger partial charge on any atom is -0.399 e. The quantitative estimate of drug-likeness (QED) is 0.753. The zero-order chi connectivity index (χ0) is 11.3. The van der Waals surface area contributed by atoms with Crippen LogP contribution in [-0.4, -0.2) is 20.9 Å². The smallest absolute Gasteiger partial charge is 0.252 e. The Morgan fingerprint density at radius 1 is 1.38 bits per heavy atom. The van der Waals surface area contributed by atoms with Crippen molar-refractivity contribution in [1.29, 1.82) is 0 Å². The molecule has 1 aromatic heterocycles. The summed E-state index contributed by atoms with van der Waals surface area (Å²) in [6.07, 6.45) is -0.314. The number of aromatic nitrogens is 3. The number of anilines is 1. The highest BCUT2D eigenvalue weighted by molar-refractivity contribution is 5.78. The van der Waals surface area contributed by atoms with Crippen LogP contribution >= 0.6 is 0 Å². The third kappa shape index (κ3) is 1.33. The summed E-state index contributed by atoms with van der Waals surface area (Å²) in [5.74, 6) is -2.54. The first-order chi connectivity index (χ1) is 7.55. The number of hydrogen-bond donors (Lipinski definition) is 1. The highest BCUT2D eigenvalue weighted by Gasteiger charge is 2.47. The molecule has 0 aliphatic heterocycles. The van der Waals surface area contributed by atoms with E-state index >= 15 is 0 Å². The number of rotatable bonds is 1. The van der Waals surface area contributed by atoms with Crippen molar-refractivity contribution in [3.63, 3.8) is 0 Å². The maximum Gasteiger partial charge on any atom is 0.252 e. The van der Waals surface area contributed by atoms with E-state index in [0.29, 0.717) is 11.2 Å². The largest absolute Gasteiger partial charge is 0.399 e. The van der Waals surface area contributed by atoms with E-state index in [1.165, 1.54) is 0 Å². The van der Waals surface area contributed by atoms with Crippen LogP contribution in [0.2, 0.25) is 0 Å². The number of halogens is 2. The average molecular weight is 224 g/mol. The molecule has 1 aromatic carbocycles. The van der Waals surface area contributed by atoms with Crippen LogP contribution in [0.25, 0.3) is 11.0 Å². The first-order valence-corrected chi connectivity index (χ1v) is 5.03. The van der Waals surface area contributed by atoms with Gasteiger partial charge in [0.15, 0.2) is 0 Å². The summed E-state index contributed by atoms with van der Waals surface area (Å²) in [6, 6.07) is 4.93. The Morgan fingerprint density at radius 3 is 2.81 bits per heavy atom. The highest BCUT2D eigenvalue weighted by Crippen LogP contribution is 2.45. The molecule has 1 heterocycles. The van der Waals surface area contributed by atoms with E-state index in [-0.39, 0.29) is 18.9 Å². The lowest BCUT2D eigenvalue weighted by atomic mass is 9.88. The molecule has 16 heavy (non-hydrogen) atoms. The monoisotopic (exact) mass is 224 g/mol. The van der Waals surface area contributed by atoms with E-state index < -0.39 is 5.92 Å². The molecule has 0 atom stereocenters. The fourth-order valence-corrected chi connectivity index (χ4v) is 2.03. The van der Waals surface area contributed by atoms with Gasteiger partial charge in [0.05, 0.1) is 11.6 Å². The molecule has 0 bridgehead atoms. The maximum atomic E-state index is 12.8. The number of fused-ring (bicyclic) bond motifs is 1. The molecular formula is C10H10F2N4. The molecular weight excluding hydrogens is 214 g/mol. The fraction of sp³-hybridized carbons (Fsp3) is 0.400. The summed E-state index contributed by atoms with van der Waals surface area (Å²) in [4.78, 5) is 0. The third-order valence-corrected chi connectivity index (χ3v) is 2.91. The second kappa shape index (κ2) is 2.90. The molecule has 1 aliphatic rings. The predicted molar refractivity (Wildman–Crippen MR) is 55.2 cm³/mol. The van der Waals surface area contributed by atoms with Crippen LogP contribution in [0, 0.1) is 0 Å². The molecule has 1 fully saturated rings. The Bertz CT molecular complexity index is 541. The minimum absolute atomic E-state index is 0.157. The maximum absolute atomic E-state index is 12.8. The SMILES string of the molecule is Nc1ccc2c(c1)nnn2C1CC(F)(F)C1. The van der Waals surface area contributed by atoms with Gasteiger partial charge in [-0.1, -0.05) is 5.21 Å². The van der Waals surface area contributed by atoms with Gasteiger partial charge in [0.2, 0.25) is 0 Å². The number of hydrogen-bond acceptors (Lipinski definition) is 3. The van der Waals surface area contributed by atoms with Gasteiger partial charge in [-0.2, -0.15) is 0 Å². The molecule has 0 radical (unpaired) electrons. The van der Waals surface area contributed by atoms with E-state index in [1.54, 1.807) is 22.9 Å². The zero-order valence-electron chi connectivity index (χ0n) is 8.40. The minimum atomic E-state index is -2.54. The van der Waals surface area contributed by atoms with E-state index in [1.807, 2.05) is 0 Å². The molecule has 84 valence electrons. The molecule has 3 rings (SSSR count). The van der Waals surface area contributed by atoms with E-state index in [9.17, 15) is 8.78 Å². The Kier molecular flexibility index (Phi) is 1.72. The van der Waals surface area contributed by atoms with Gasteiger partial charge in [0, 0.05) is 18.5 Å². The van der Waals surface area contributed by atoms with Gasteiger partial charge in [0.1, 0.15) is 5.52 Å². The molecule has 4 nitrogen and oxygen atoms in total. The Labute approximate surface area is 90.0 Å². The average Bonchev–Trinajstić information content (AvgIpc) is 2.56. The summed E-state index contributed by atoms with van der Waals surface area (Å²) in [6.45, 7) is 0. The van der Waals surface area contributed by atoms with Crippen molar-refractivity contribution in [2.24, 2.45) is 0 Å². The van der Waals surface area contributed by atoms with Crippen LogP contribution in [0.3, 0.4) is 0 Å². The lowest BCUT2D eigenvalue weighted by molar-refractivity contribution is -0.106. The summed E-state index contributed by atoms with van der Waals surface area (Å²) in [7, 11) is 0. The molecule has 1 saturated carbocycles. The van der Waals surface area contributed by atoms with Gasteiger partial charge < -0.3 is 5.73 Å². The topological polar surface area (TPSA) is 56.7 Å². The fourth-order valence-electron chi connectivity index (χ4n) is 2.03. The summed E-state index contributed by atoms with van der Waals surface area (Å²) in [5.41, 5.74) is 7.60. The number of nitrogen functional groups attached to an aromatic ring is 1. The summed E-state index contributed by atoms with van der Waals surface area (Å²) >= 11 is 0. The van der Waals surface area contributed by atoms with Crippen molar-refractivity contribution in [2.75, 3.05) is 5.73 Å². The molecule has 1 aliphatic carbocycles. The normalized spacial score (nSPS) is 19.9. The van der Waals surface area contributed by atoms with Gasteiger partial charge in [-0.3, -0.25) is 0 Å². The van der Waals surface area contributed by atoms with Crippen molar-refractivity contribution in [3.8, 4) is 0 Å². The van der Waals surface area contributed by atoms with Crippen molar-refractivity contribution < 1.29 is 8.78 Å². The van der Waals surface area contributed by atoms with E-state index in [2.05, 4.69) is 10.3 Å². The van der Waals surface area contributed by atoms with Gasteiger partial charge in [-0.05, 0) is 18.2 Å². The lowest BCUT2D eigenvalue weighted by Crippen LogP contribution is -2.37. The summed E-state index contributed by atoms with van der Waals surface area (Å²) in [5, 5.41) is 7.82. The molecule has 0 spiro atoms. The Morgan fingerprint density at radius 2 is 2.12 bits per heavy atom. The Hall–Kier alpha value is -1.72. The zero-order valence-corrected chi connectivity index (χ0v) is 8.40. The first-order valence-electron chi connectivity index (χ1n) is 5.03. The first kappa shape index (κ1) is 9.50. The second-order valence-corrected chi connectivity index (χ2v) is 4.20. The lowest BCUT2D eigenvalue weighted by Gasteiger charge is -2.34. The van der Waals surface area contributed by atoms with Crippen LogP contribution in [0.5, 0.6) is 0 Å². The molecule has 0 unspecified atom stereocenters. The van der Waals surface area contributed by atoms with Crippen LogP contribution in [-0.2, 0) is 0 Å². The summed E-state index contributed by atoms with van der Waals surface area (Å²) < 4.78 is 27.1. The van der Waals surface area contributed by atoms with Crippen molar-refractivity contribution in [3.05, 3.63) is 18.2 Å². The van der Waals surface area contributed by atoms with Crippen LogP contribution in [0.15, 0.2) is 18.2 Å². The van der Waals surface area contributed by atoms with Crippen LogP contribution in [0.1, 0.15) is 18.9 Å². The molecule has 2 N–H and O–H groups in total. The predicted octanol–water partition coefficient (Wildman–Crippen LogP) is 1.98. The van der Waals surface area contributed by atoms with Gasteiger partial charge in [-0.15, -0.1) is 5.10 Å². The molecule has 6 heteroatoms. The van der Waals surface area contributed by atoms with Crippen molar-refractivity contribution in [2.45, 2.75) is 24.8 Å². The van der Waals surface area contributed by atoms with Crippen LogP contribution in [0.4, 0.5) is 14.5 Å². The van der Waals surface area contributed by atoms with Gasteiger partial charge in [-0.25, -0.2) is 13.5 Å². The Balaban J connectivity index is 2.00. The van der Waals surface area contributed by atoms with Crippen molar-refractivity contribution >= 4 is 16.7 Å². The standard InChI is InChI=1S/C10H10F2N4/c11-10(12)4-7(5-10)16-9-2-1-6(13)3-8(9)14-15-16/h1-3,7H,4-5,13H2. The van der Waals surface area contributed by atoms with Gasteiger partial charge >= 0.3 is 0 Å².